The molecule has 0 fully saturated rings. The largest absolute Gasteiger partial charge is 0.378 e. The van der Waals surface area contributed by atoms with E-state index in [0.29, 0.717) is 5.56 Å². The highest BCUT2D eigenvalue weighted by molar-refractivity contribution is 5.95. The minimum absolute atomic E-state index is 0.0700. The molecular weight excluding hydrogens is 224 g/mol. The zero-order valence-corrected chi connectivity index (χ0v) is 10.8. The fourth-order valence-corrected chi connectivity index (χ4v) is 1.75. The molecule has 3 heteroatoms. The van der Waals surface area contributed by atoms with Crippen LogP contribution in [-0.4, -0.2) is 24.9 Å². The number of aromatic nitrogens is 1. The maximum Gasteiger partial charge on any atom is 0.159 e. The van der Waals surface area contributed by atoms with Crippen molar-refractivity contribution >= 4 is 11.5 Å². The number of carbonyl (C=O) groups is 1. The van der Waals surface area contributed by atoms with Crippen LogP contribution in [0.1, 0.15) is 17.3 Å². The summed E-state index contributed by atoms with van der Waals surface area (Å²) in [7, 11) is 3.98. The van der Waals surface area contributed by atoms with Crippen molar-refractivity contribution in [2.24, 2.45) is 0 Å². The SMILES string of the molecule is CC(=O)c1cccc(-c2cc(N(C)C)ccn2)c1. The number of anilines is 1. The van der Waals surface area contributed by atoms with E-state index in [1.54, 1.807) is 13.1 Å². The smallest absolute Gasteiger partial charge is 0.159 e. The molecule has 1 aromatic carbocycles. The van der Waals surface area contributed by atoms with Gasteiger partial charge in [-0.25, -0.2) is 0 Å². The van der Waals surface area contributed by atoms with E-state index < -0.39 is 0 Å². The van der Waals surface area contributed by atoms with E-state index in [1.807, 2.05) is 55.4 Å². The quantitative estimate of drug-likeness (QED) is 0.773. The van der Waals surface area contributed by atoms with E-state index in [1.165, 1.54) is 0 Å². The highest BCUT2D eigenvalue weighted by atomic mass is 16.1. The molecule has 0 bridgehead atoms. The van der Waals surface area contributed by atoms with Gasteiger partial charge >= 0.3 is 0 Å². The van der Waals surface area contributed by atoms with Crippen LogP contribution in [0.4, 0.5) is 5.69 Å². The van der Waals surface area contributed by atoms with Gasteiger partial charge in [-0.2, -0.15) is 0 Å². The molecule has 0 saturated carbocycles. The molecule has 92 valence electrons. The zero-order valence-electron chi connectivity index (χ0n) is 10.8. The molecule has 0 radical (unpaired) electrons. The number of hydrogen-bond acceptors (Lipinski definition) is 3. The van der Waals surface area contributed by atoms with E-state index in [2.05, 4.69) is 4.98 Å². The molecule has 0 aliphatic rings. The van der Waals surface area contributed by atoms with Gasteiger partial charge in [0.25, 0.3) is 0 Å². The van der Waals surface area contributed by atoms with Gasteiger partial charge in [-0.3, -0.25) is 9.78 Å². The number of nitrogens with zero attached hydrogens (tertiary/aromatic N) is 2. The van der Waals surface area contributed by atoms with Crippen molar-refractivity contribution < 1.29 is 4.79 Å². The van der Waals surface area contributed by atoms with E-state index >= 15 is 0 Å². The Morgan fingerprint density at radius 3 is 2.61 bits per heavy atom. The van der Waals surface area contributed by atoms with Crippen molar-refractivity contribution in [3.05, 3.63) is 48.2 Å². The molecule has 0 N–H and O–H groups in total. The Hall–Kier alpha value is -2.16. The molecule has 1 heterocycles. The normalized spacial score (nSPS) is 10.2. The number of benzene rings is 1. The second kappa shape index (κ2) is 5.00. The van der Waals surface area contributed by atoms with E-state index in [-0.39, 0.29) is 5.78 Å². The fourth-order valence-electron chi connectivity index (χ4n) is 1.75. The second-order valence-electron chi connectivity index (χ2n) is 4.43. The van der Waals surface area contributed by atoms with Crippen LogP contribution in [0.25, 0.3) is 11.3 Å². The predicted octanol–water partition coefficient (Wildman–Crippen LogP) is 3.02. The van der Waals surface area contributed by atoms with Gasteiger partial charge in [0.1, 0.15) is 0 Å². The maximum absolute atomic E-state index is 11.4. The van der Waals surface area contributed by atoms with Crippen LogP contribution in [0.5, 0.6) is 0 Å². The summed E-state index contributed by atoms with van der Waals surface area (Å²) in [6.07, 6.45) is 1.78. The first-order chi connectivity index (χ1) is 8.58. The van der Waals surface area contributed by atoms with Crippen molar-refractivity contribution in [3.8, 4) is 11.3 Å². The van der Waals surface area contributed by atoms with Crippen molar-refractivity contribution in [2.75, 3.05) is 19.0 Å². The van der Waals surface area contributed by atoms with Crippen LogP contribution in [-0.2, 0) is 0 Å². The standard InChI is InChI=1S/C15H16N2O/c1-11(18)12-5-4-6-13(9-12)15-10-14(17(2)3)7-8-16-15/h4-10H,1-3H3. The van der Waals surface area contributed by atoms with Gasteiger partial charge in [-0.1, -0.05) is 18.2 Å². The summed E-state index contributed by atoms with van der Waals surface area (Å²) in [5.74, 6) is 0.0700. The van der Waals surface area contributed by atoms with Crippen LogP contribution >= 0.6 is 0 Å². The molecule has 0 unspecified atom stereocenters. The average Bonchev–Trinajstić information content (AvgIpc) is 2.39. The number of carbonyl (C=O) groups excluding carboxylic acids is 1. The Balaban J connectivity index is 2.45. The Kier molecular flexibility index (Phi) is 3.42. The molecular formula is C15H16N2O. The second-order valence-corrected chi connectivity index (χ2v) is 4.43. The third-order valence-corrected chi connectivity index (χ3v) is 2.82. The molecule has 3 nitrogen and oxygen atoms in total. The summed E-state index contributed by atoms with van der Waals surface area (Å²) in [5, 5.41) is 0. The minimum Gasteiger partial charge on any atom is -0.378 e. The average molecular weight is 240 g/mol. The third kappa shape index (κ3) is 2.56. The maximum atomic E-state index is 11.4. The topological polar surface area (TPSA) is 33.2 Å². The Morgan fingerprint density at radius 1 is 1.17 bits per heavy atom. The van der Waals surface area contributed by atoms with Crippen molar-refractivity contribution in [2.45, 2.75) is 6.92 Å². The predicted molar refractivity (Wildman–Crippen MR) is 74.0 cm³/mol. The van der Waals surface area contributed by atoms with Gasteiger partial charge < -0.3 is 4.90 Å². The number of rotatable bonds is 3. The molecule has 0 saturated heterocycles. The lowest BCUT2D eigenvalue weighted by molar-refractivity contribution is 0.101. The summed E-state index contributed by atoms with van der Waals surface area (Å²) >= 11 is 0. The molecule has 0 amide bonds. The van der Waals surface area contributed by atoms with Crippen molar-refractivity contribution in [1.82, 2.24) is 4.98 Å². The van der Waals surface area contributed by atoms with Crippen LogP contribution in [0, 0.1) is 0 Å². The first-order valence-corrected chi connectivity index (χ1v) is 5.82. The summed E-state index contributed by atoms with van der Waals surface area (Å²) in [6, 6.07) is 11.5. The van der Waals surface area contributed by atoms with Crippen LogP contribution < -0.4 is 4.90 Å². The Labute approximate surface area is 107 Å². The van der Waals surface area contributed by atoms with Crippen LogP contribution in [0.2, 0.25) is 0 Å². The molecule has 0 atom stereocenters. The van der Waals surface area contributed by atoms with E-state index in [0.717, 1.165) is 16.9 Å². The summed E-state index contributed by atoms with van der Waals surface area (Å²) in [4.78, 5) is 17.8. The third-order valence-electron chi connectivity index (χ3n) is 2.82. The summed E-state index contributed by atoms with van der Waals surface area (Å²) < 4.78 is 0. The van der Waals surface area contributed by atoms with Gasteiger partial charge in [0.15, 0.2) is 5.78 Å². The lowest BCUT2D eigenvalue weighted by Gasteiger charge is -2.13. The first kappa shape index (κ1) is 12.3. The number of hydrogen-bond donors (Lipinski definition) is 0. The van der Waals surface area contributed by atoms with Crippen LogP contribution in [0.3, 0.4) is 0 Å². The monoisotopic (exact) mass is 240 g/mol. The zero-order chi connectivity index (χ0) is 13.1. The van der Waals surface area contributed by atoms with E-state index in [9.17, 15) is 4.79 Å². The number of pyridine rings is 1. The highest BCUT2D eigenvalue weighted by Crippen LogP contribution is 2.22. The van der Waals surface area contributed by atoms with Gasteiger partial charge in [-0.15, -0.1) is 0 Å². The van der Waals surface area contributed by atoms with Gasteiger partial charge in [-0.05, 0) is 25.1 Å². The molecule has 18 heavy (non-hydrogen) atoms. The molecule has 2 rings (SSSR count). The summed E-state index contributed by atoms with van der Waals surface area (Å²) in [6.45, 7) is 1.57. The first-order valence-electron chi connectivity index (χ1n) is 5.82. The molecule has 0 spiro atoms. The molecule has 0 aliphatic carbocycles. The Morgan fingerprint density at radius 2 is 1.94 bits per heavy atom. The van der Waals surface area contributed by atoms with Crippen molar-refractivity contribution in [3.63, 3.8) is 0 Å². The molecule has 1 aromatic heterocycles. The van der Waals surface area contributed by atoms with E-state index in [4.69, 9.17) is 0 Å². The molecule has 2 aromatic rings. The van der Waals surface area contributed by atoms with Gasteiger partial charge in [0.2, 0.25) is 0 Å². The summed E-state index contributed by atoms with van der Waals surface area (Å²) in [5.41, 5.74) is 3.65. The Bertz CT molecular complexity index is 576. The molecule has 0 aliphatic heterocycles. The minimum atomic E-state index is 0.0700. The fraction of sp³-hybridized carbons (Fsp3) is 0.200. The van der Waals surface area contributed by atoms with Gasteiger partial charge in [0.05, 0.1) is 5.69 Å². The lowest BCUT2D eigenvalue weighted by atomic mass is 10.1. The lowest BCUT2D eigenvalue weighted by Crippen LogP contribution is -2.08. The van der Waals surface area contributed by atoms with Crippen molar-refractivity contribution in [1.29, 1.82) is 0 Å². The number of Topliss-reactive ketones (excluding diaryl/α,β-unsaturated/α-hetero) is 1. The number of ketones is 1. The highest BCUT2D eigenvalue weighted by Gasteiger charge is 2.05. The van der Waals surface area contributed by atoms with Crippen LogP contribution in [0.15, 0.2) is 42.6 Å². The van der Waals surface area contributed by atoms with Gasteiger partial charge in [0, 0.05) is 37.1 Å².